The monoisotopic (exact) mass is 546 g/mol. The number of benzene rings is 3. The van der Waals surface area contributed by atoms with Crippen LogP contribution < -0.4 is 11.3 Å². The van der Waals surface area contributed by atoms with E-state index in [1.54, 1.807) is 33.7 Å². The zero-order valence-corrected chi connectivity index (χ0v) is 22.4. The van der Waals surface area contributed by atoms with Gasteiger partial charge in [-0.15, -0.1) is 0 Å². The molecule has 39 heavy (non-hydrogen) atoms. The van der Waals surface area contributed by atoms with Gasteiger partial charge in [-0.25, -0.2) is 9.37 Å². The number of carbonyl (C=O) groups excluding carboxylic acids is 1. The van der Waals surface area contributed by atoms with Crippen molar-refractivity contribution in [2.24, 2.45) is 11.7 Å². The predicted octanol–water partition coefficient (Wildman–Crippen LogP) is 5.78. The van der Waals surface area contributed by atoms with Crippen molar-refractivity contribution in [1.82, 2.24) is 14.5 Å². The maximum absolute atomic E-state index is 14.2. The number of rotatable bonds is 8. The van der Waals surface area contributed by atoms with E-state index in [1.165, 1.54) is 18.2 Å². The number of amides is 1. The van der Waals surface area contributed by atoms with Crippen LogP contribution in [-0.4, -0.2) is 33.4 Å². The lowest BCUT2D eigenvalue weighted by Crippen LogP contribution is -2.43. The molecule has 1 unspecified atom stereocenters. The molecule has 1 amide bonds. The molecule has 0 saturated heterocycles. The summed E-state index contributed by atoms with van der Waals surface area (Å²) in [6.07, 6.45) is 0. The molecule has 2 heterocycles. The van der Waals surface area contributed by atoms with Gasteiger partial charge in [0.25, 0.3) is 11.5 Å². The summed E-state index contributed by atoms with van der Waals surface area (Å²) in [7, 11) is 0. The zero-order chi connectivity index (χ0) is 27.7. The third-order valence-electron chi connectivity index (χ3n) is 6.70. The first-order valence-corrected chi connectivity index (χ1v) is 13.1. The fraction of sp³-hybridized carbons (Fsp3) is 0.233. The van der Waals surface area contributed by atoms with E-state index in [9.17, 15) is 14.0 Å². The number of halogens is 2. The number of fused-ring (bicyclic) bond motifs is 3. The van der Waals surface area contributed by atoms with Crippen molar-refractivity contribution >= 4 is 39.6 Å². The molecule has 3 aromatic carbocycles. The van der Waals surface area contributed by atoms with E-state index in [0.29, 0.717) is 27.4 Å². The highest BCUT2D eigenvalue weighted by Crippen LogP contribution is 2.32. The van der Waals surface area contributed by atoms with Crippen molar-refractivity contribution in [1.29, 1.82) is 0 Å². The fourth-order valence-corrected chi connectivity index (χ4v) is 5.05. The summed E-state index contributed by atoms with van der Waals surface area (Å²) in [6.45, 7) is 4.55. The van der Waals surface area contributed by atoms with Gasteiger partial charge >= 0.3 is 0 Å². The number of aromatic nitrogens is 2. The van der Waals surface area contributed by atoms with Crippen molar-refractivity contribution < 1.29 is 13.6 Å². The summed E-state index contributed by atoms with van der Waals surface area (Å²) in [5.41, 5.74) is 7.53. The van der Waals surface area contributed by atoms with Crippen molar-refractivity contribution in [2.45, 2.75) is 26.4 Å². The van der Waals surface area contributed by atoms with Gasteiger partial charge in [0.2, 0.25) is 5.58 Å². The van der Waals surface area contributed by atoms with Gasteiger partial charge in [-0.2, -0.15) is 0 Å². The van der Waals surface area contributed by atoms with Crippen LogP contribution in [-0.2, 0) is 6.54 Å². The lowest BCUT2D eigenvalue weighted by atomic mass is 9.99. The van der Waals surface area contributed by atoms with Crippen LogP contribution >= 0.6 is 11.6 Å². The second-order valence-electron chi connectivity index (χ2n) is 9.75. The molecule has 0 fully saturated rings. The van der Waals surface area contributed by atoms with Crippen molar-refractivity contribution in [3.8, 4) is 0 Å². The van der Waals surface area contributed by atoms with Crippen LogP contribution in [0.2, 0.25) is 5.02 Å². The minimum Gasteiger partial charge on any atom is -0.448 e. The average Bonchev–Trinajstić information content (AvgIpc) is 3.29. The molecule has 0 aliphatic rings. The standard InChI is InChI=1S/C30H28ClFN4O3/c1-18(2)26(35(15-14-33)29(37)20-8-10-21(31)11-9-20)28-34-25-23-16-22(32)12-13-24(23)39-27(25)30(38)36(28)17-19-6-4-3-5-7-19/h3-13,16,18,26H,14-15,17,33H2,1-2H3. The number of furan rings is 1. The quantitative estimate of drug-likeness (QED) is 0.266. The highest BCUT2D eigenvalue weighted by molar-refractivity contribution is 6.30. The maximum Gasteiger partial charge on any atom is 0.297 e. The lowest BCUT2D eigenvalue weighted by molar-refractivity contribution is 0.0612. The summed E-state index contributed by atoms with van der Waals surface area (Å²) >= 11 is 6.06. The summed E-state index contributed by atoms with van der Waals surface area (Å²) in [5.74, 6) is -0.521. The maximum atomic E-state index is 14.2. The van der Waals surface area contributed by atoms with Gasteiger partial charge in [0.15, 0.2) is 0 Å². The van der Waals surface area contributed by atoms with Crippen molar-refractivity contribution in [2.75, 3.05) is 13.1 Å². The van der Waals surface area contributed by atoms with Gasteiger partial charge in [-0.1, -0.05) is 55.8 Å². The Kier molecular flexibility index (Phi) is 7.50. The van der Waals surface area contributed by atoms with E-state index < -0.39 is 17.4 Å². The van der Waals surface area contributed by atoms with Crippen LogP contribution in [0.15, 0.2) is 82.0 Å². The van der Waals surface area contributed by atoms with E-state index in [-0.39, 0.29) is 42.6 Å². The molecule has 0 aliphatic heterocycles. The molecule has 7 nitrogen and oxygen atoms in total. The van der Waals surface area contributed by atoms with Crippen LogP contribution in [0.5, 0.6) is 0 Å². The molecule has 200 valence electrons. The SMILES string of the molecule is CC(C)C(c1nc2c(oc3ccc(F)cc32)c(=O)n1Cc1ccccc1)N(CCN)C(=O)c1ccc(Cl)cc1. The lowest BCUT2D eigenvalue weighted by Gasteiger charge is -2.35. The molecule has 0 saturated carbocycles. The van der Waals surface area contributed by atoms with E-state index in [2.05, 4.69) is 0 Å². The van der Waals surface area contributed by atoms with Crippen molar-refractivity contribution in [3.63, 3.8) is 0 Å². The molecular weight excluding hydrogens is 519 g/mol. The van der Waals surface area contributed by atoms with Crippen LogP contribution in [0.3, 0.4) is 0 Å². The second-order valence-corrected chi connectivity index (χ2v) is 10.2. The van der Waals surface area contributed by atoms with Crippen molar-refractivity contribution in [3.05, 3.63) is 111 Å². The number of nitrogens with zero attached hydrogens (tertiary/aromatic N) is 3. The van der Waals surface area contributed by atoms with Gasteiger partial charge in [0.1, 0.15) is 22.7 Å². The second kappa shape index (κ2) is 11.0. The molecule has 2 N–H and O–H groups in total. The number of nitrogens with two attached hydrogens (primary N) is 1. The largest absolute Gasteiger partial charge is 0.448 e. The molecule has 0 spiro atoms. The summed E-state index contributed by atoms with van der Waals surface area (Å²) in [4.78, 5) is 34.4. The highest BCUT2D eigenvalue weighted by atomic mass is 35.5. The Bertz CT molecular complexity index is 1700. The first kappa shape index (κ1) is 26.6. The van der Waals surface area contributed by atoms with Crippen LogP contribution in [0, 0.1) is 11.7 Å². The van der Waals surface area contributed by atoms with Gasteiger partial charge in [0.05, 0.1) is 12.6 Å². The van der Waals surface area contributed by atoms with E-state index in [4.69, 9.17) is 26.7 Å². The molecular formula is C30H28ClFN4O3. The Hall–Kier alpha value is -4.01. The zero-order valence-electron chi connectivity index (χ0n) is 21.6. The highest BCUT2D eigenvalue weighted by Gasteiger charge is 2.33. The van der Waals surface area contributed by atoms with Gasteiger partial charge in [-0.3, -0.25) is 14.2 Å². The predicted molar refractivity (Wildman–Crippen MR) is 150 cm³/mol. The van der Waals surface area contributed by atoms with Gasteiger partial charge in [-0.05, 0) is 53.9 Å². The number of hydrogen-bond donors (Lipinski definition) is 1. The Balaban J connectivity index is 1.76. The smallest absolute Gasteiger partial charge is 0.297 e. The third-order valence-corrected chi connectivity index (χ3v) is 6.96. The molecule has 5 rings (SSSR count). The summed E-state index contributed by atoms with van der Waals surface area (Å²) < 4.78 is 21.6. The van der Waals surface area contributed by atoms with Gasteiger partial charge < -0.3 is 15.1 Å². The molecule has 1 atom stereocenters. The Morgan fingerprint density at radius 3 is 2.49 bits per heavy atom. The molecule has 0 radical (unpaired) electrons. The topological polar surface area (TPSA) is 94.4 Å². The average molecular weight is 547 g/mol. The van der Waals surface area contributed by atoms with E-state index in [0.717, 1.165) is 5.56 Å². The number of carbonyl (C=O) groups is 1. The van der Waals surface area contributed by atoms with Crippen LogP contribution in [0.1, 0.15) is 41.6 Å². The fourth-order valence-electron chi connectivity index (χ4n) is 4.92. The van der Waals surface area contributed by atoms with Gasteiger partial charge in [0, 0.05) is 29.1 Å². The minimum atomic E-state index is -0.629. The Labute approximate surface area is 229 Å². The molecule has 2 aromatic heterocycles. The third kappa shape index (κ3) is 5.17. The minimum absolute atomic E-state index is 0.0344. The Morgan fingerprint density at radius 2 is 1.82 bits per heavy atom. The first-order valence-electron chi connectivity index (χ1n) is 12.7. The summed E-state index contributed by atoms with van der Waals surface area (Å²) in [5, 5.41) is 0.910. The summed E-state index contributed by atoms with van der Waals surface area (Å²) in [6, 6.07) is 19.6. The molecule has 0 aliphatic carbocycles. The first-order chi connectivity index (χ1) is 18.8. The normalized spacial score (nSPS) is 12.4. The van der Waals surface area contributed by atoms with Crippen LogP contribution in [0.25, 0.3) is 22.1 Å². The molecule has 9 heteroatoms. The molecule has 0 bridgehead atoms. The van der Waals surface area contributed by atoms with E-state index in [1.807, 2.05) is 44.2 Å². The number of hydrogen-bond acceptors (Lipinski definition) is 5. The van der Waals surface area contributed by atoms with E-state index >= 15 is 0 Å². The molecule has 5 aromatic rings. The Morgan fingerprint density at radius 1 is 1.10 bits per heavy atom. The van der Waals surface area contributed by atoms with Crippen LogP contribution in [0.4, 0.5) is 4.39 Å².